The molecule has 0 radical (unpaired) electrons. The summed E-state index contributed by atoms with van der Waals surface area (Å²) in [7, 11) is 1.84. The highest BCUT2D eigenvalue weighted by Gasteiger charge is 2.36. The highest BCUT2D eigenvalue weighted by molar-refractivity contribution is 4.90. The van der Waals surface area contributed by atoms with Gasteiger partial charge in [-0.1, -0.05) is 26.7 Å². The molecule has 0 aromatic heterocycles. The largest absolute Gasteiger partial charge is 0.384 e. The third-order valence-corrected chi connectivity index (χ3v) is 5.65. The quantitative estimate of drug-likeness (QED) is 0.781. The number of rotatable bonds is 7. The van der Waals surface area contributed by atoms with Crippen molar-refractivity contribution in [3.63, 3.8) is 0 Å². The summed E-state index contributed by atoms with van der Waals surface area (Å²) < 4.78 is 5.38. The van der Waals surface area contributed by atoms with Gasteiger partial charge in [0, 0.05) is 26.7 Å². The Bertz CT molecular complexity index is 279. The van der Waals surface area contributed by atoms with Crippen LogP contribution in [0.1, 0.15) is 52.4 Å². The summed E-state index contributed by atoms with van der Waals surface area (Å²) in [6, 6.07) is 0. The highest BCUT2D eigenvalue weighted by Crippen LogP contribution is 2.39. The van der Waals surface area contributed by atoms with Crippen molar-refractivity contribution in [2.45, 2.75) is 52.4 Å². The van der Waals surface area contributed by atoms with E-state index in [0.717, 1.165) is 25.0 Å². The lowest BCUT2D eigenvalue weighted by Gasteiger charge is -2.45. The van der Waals surface area contributed by atoms with Crippen molar-refractivity contribution in [3.8, 4) is 0 Å². The van der Waals surface area contributed by atoms with E-state index < -0.39 is 0 Å². The van der Waals surface area contributed by atoms with Crippen molar-refractivity contribution in [1.29, 1.82) is 0 Å². The second-order valence-electron chi connectivity index (χ2n) is 7.66. The smallest absolute Gasteiger partial charge is 0.0502 e. The zero-order chi connectivity index (χ0) is 15.1. The molecule has 1 saturated heterocycles. The van der Waals surface area contributed by atoms with Gasteiger partial charge in [0.15, 0.2) is 0 Å². The van der Waals surface area contributed by atoms with Crippen molar-refractivity contribution in [2.24, 2.45) is 17.3 Å². The maximum absolute atomic E-state index is 5.38. The summed E-state index contributed by atoms with van der Waals surface area (Å²) in [6.07, 6.45) is 8.35. The fourth-order valence-corrected chi connectivity index (χ4v) is 4.30. The van der Waals surface area contributed by atoms with E-state index >= 15 is 0 Å². The first-order chi connectivity index (χ1) is 10.2. The van der Waals surface area contributed by atoms with Crippen LogP contribution in [0, 0.1) is 17.3 Å². The van der Waals surface area contributed by atoms with E-state index in [1.165, 1.54) is 64.7 Å². The molecule has 3 heteroatoms. The van der Waals surface area contributed by atoms with Gasteiger partial charge in [-0.15, -0.1) is 0 Å². The molecular formula is C18H36N2O. The third kappa shape index (κ3) is 5.22. The Morgan fingerprint density at radius 1 is 1.24 bits per heavy atom. The summed E-state index contributed by atoms with van der Waals surface area (Å²) in [6.45, 7) is 11.7. The van der Waals surface area contributed by atoms with Gasteiger partial charge in [-0.05, 0) is 56.0 Å². The molecule has 2 aliphatic rings. The number of ether oxygens (including phenoxy) is 1. The Kier molecular flexibility index (Phi) is 6.97. The summed E-state index contributed by atoms with van der Waals surface area (Å²) in [5, 5.41) is 3.65. The van der Waals surface area contributed by atoms with Crippen LogP contribution in [0.3, 0.4) is 0 Å². The molecule has 1 aliphatic heterocycles. The van der Waals surface area contributed by atoms with Crippen LogP contribution >= 0.6 is 0 Å². The van der Waals surface area contributed by atoms with Gasteiger partial charge in [0.2, 0.25) is 0 Å². The summed E-state index contributed by atoms with van der Waals surface area (Å²) in [4.78, 5) is 2.74. The summed E-state index contributed by atoms with van der Waals surface area (Å²) in [5.41, 5.74) is 0.525. The van der Waals surface area contributed by atoms with Crippen LogP contribution < -0.4 is 5.32 Å². The lowest BCUT2D eigenvalue weighted by molar-refractivity contribution is 0.0414. The highest BCUT2D eigenvalue weighted by atomic mass is 16.5. The number of nitrogens with zero attached hydrogens (tertiary/aromatic N) is 1. The third-order valence-electron chi connectivity index (χ3n) is 5.65. The maximum Gasteiger partial charge on any atom is 0.0502 e. The number of piperidine rings is 1. The summed E-state index contributed by atoms with van der Waals surface area (Å²) in [5.74, 6) is 1.68. The van der Waals surface area contributed by atoms with E-state index in [1.807, 2.05) is 7.11 Å². The minimum Gasteiger partial charge on any atom is -0.384 e. The zero-order valence-electron chi connectivity index (χ0n) is 14.5. The number of hydrogen-bond donors (Lipinski definition) is 1. The maximum atomic E-state index is 5.38. The molecule has 0 aromatic rings. The Hall–Kier alpha value is -0.120. The minimum atomic E-state index is 0.525. The van der Waals surface area contributed by atoms with Crippen molar-refractivity contribution < 1.29 is 4.74 Å². The van der Waals surface area contributed by atoms with Crippen molar-refractivity contribution in [2.75, 3.05) is 46.4 Å². The van der Waals surface area contributed by atoms with E-state index in [1.54, 1.807) is 0 Å². The molecule has 0 amide bonds. The molecular weight excluding hydrogens is 260 g/mol. The van der Waals surface area contributed by atoms with Crippen LogP contribution in [-0.2, 0) is 4.74 Å². The van der Waals surface area contributed by atoms with Gasteiger partial charge in [0.05, 0.1) is 6.61 Å². The molecule has 1 aliphatic carbocycles. The van der Waals surface area contributed by atoms with Gasteiger partial charge in [-0.3, -0.25) is 0 Å². The molecule has 3 nitrogen and oxygen atoms in total. The molecule has 2 fully saturated rings. The van der Waals surface area contributed by atoms with Crippen LogP contribution in [0.5, 0.6) is 0 Å². The lowest BCUT2D eigenvalue weighted by Crippen LogP contribution is -2.49. The lowest BCUT2D eigenvalue weighted by atomic mass is 9.70. The van der Waals surface area contributed by atoms with Crippen LogP contribution in [0.2, 0.25) is 0 Å². The number of nitrogens with one attached hydrogen (secondary N) is 1. The molecule has 124 valence electrons. The van der Waals surface area contributed by atoms with E-state index in [-0.39, 0.29) is 0 Å². The fourth-order valence-electron chi connectivity index (χ4n) is 4.30. The normalized spacial score (nSPS) is 35.0. The van der Waals surface area contributed by atoms with E-state index in [4.69, 9.17) is 4.74 Å². The average Bonchev–Trinajstić information content (AvgIpc) is 2.49. The first kappa shape index (κ1) is 17.2. The molecule has 21 heavy (non-hydrogen) atoms. The predicted molar refractivity (Wildman–Crippen MR) is 89.6 cm³/mol. The van der Waals surface area contributed by atoms with Crippen molar-refractivity contribution >= 4 is 0 Å². The van der Waals surface area contributed by atoms with Gasteiger partial charge in [0.25, 0.3) is 0 Å². The minimum absolute atomic E-state index is 0.525. The molecule has 1 unspecified atom stereocenters. The Morgan fingerprint density at radius 2 is 2.00 bits per heavy atom. The second kappa shape index (κ2) is 8.50. The molecule has 1 saturated carbocycles. The second-order valence-corrected chi connectivity index (χ2v) is 7.66. The Labute approximate surface area is 131 Å². The molecule has 1 N–H and O–H groups in total. The van der Waals surface area contributed by atoms with E-state index in [9.17, 15) is 0 Å². The van der Waals surface area contributed by atoms with Crippen LogP contribution in [0.4, 0.5) is 0 Å². The van der Waals surface area contributed by atoms with Gasteiger partial charge >= 0.3 is 0 Å². The van der Waals surface area contributed by atoms with Crippen LogP contribution in [0.25, 0.3) is 0 Å². The number of methoxy groups -OCH3 is 1. The fraction of sp³-hybridized carbons (Fsp3) is 1.00. The molecule has 2 rings (SSSR count). The van der Waals surface area contributed by atoms with Gasteiger partial charge < -0.3 is 15.0 Å². The topological polar surface area (TPSA) is 24.5 Å². The Morgan fingerprint density at radius 3 is 2.67 bits per heavy atom. The predicted octanol–water partition coefficient (Wildman–Crippen LogP) is 3.15. The van der Waals surface area contributed by atoms with Gasteiger partial charge in [-0.2, -0.15) is 0 Å². The van der Waals surface area contributed by atoms with Crippen molar-refractivity contribution in [3.05, 3.63) is 0 Å². The molecule has 0 aromatic carbocycles. The van der Waals surface area contributed by atoms with Gasteiger partial charge in [0.1, 0.15) is 0 Å². The number of likely N-dealkylation sites (tertiary alicyclic amines) is 1. The first-order valence-electron chi connectivity index (χ1n) is 9.09. The SMILES string of the molecule is CCNCC1(CN2CCCC(COC)C2)CCC(C)CC1. The molecule has 1 heterocycles. The Balaban J connectivity index is 1.91. The van der Waals surface area contributed by atoms with Gasteiger partial charge in [-0.25, -0.2) is 0 Å². The standard InChI is InChI=1S/C18H36N2O/c1-4-19-14-18(9-7-16(2)8-10-18)15-20-11-5-6-17(12-20)13-21-3/h16-17,19H,4-15H2,1-3H3. The van der Waals surface area contributed by atoms with E-state index in [0.29, 0.717) is 5.41 Å². The molecule has 0 bridgehead atoms. The molecule has 1 atom stereocenters. The van der Waals surface area contributed by atoms with Crippen molar-refractivity contribution in [1.82, 2.24) is 10.2 Å². The zero-order valence-corrected chi connectivity index (χ0v) is 14.5. The first-order valence-corrected chi connectivity index (χ1v) is 9.09. The molecule has 0 spiro atoms. The van der Waals surface area contributed by atoms with Crippen LogP contribution in [-0.4, -0.2) is 51.3 Å². The summed E-state index contributed by atoms with van der Waals surface area (Å²) >= 11 is 0. The monoisotopic (exact) mass is 296 g/mol. The van der Waals surface area contributed by atoms with E-state index in [2.05, 4.69) is 24.1 Å². The van der Waals surface area contributed by atoms with Crippen LogP contribution in [0.15, 0.2) is 0 Å². The average molecular weight is 296 g/mol. The number of hydrogen-bond acceptors (Lipinski definition) is 3.